The molecule has 0 amide bonds. The van der Waals surface area contributed by atoms with Crippen molar-refractivity contribution in [3.63, 3.8) is 0 Å². The summed E-state index contributed by atoms with van der Waals surface area (Å²) in [6, 6.07) is 5.57. The topological polar surface area (TPSA) is 47.3 Å². The van der Waals surface area contributed by atoms with Gasteiger partial charge in [0, 0.05) is 23.8 Å². The van der Waals surface area contributed by atoms with E-state index < -0.39 is 0 Å². The molecule has 0 heterocycles. The molecule has 0 saturated heterocycles. The zero-order valence-electron chi connectivity index (χ0n) is 10.1. The van der Waals surface area contributed by atoms with E-state index in [1.54, 1.807) is 6.07 Å². The Bertz CT molecular complexity index is 384. The Labute approximate surface area is 101 Å². The van der Waals surface area contributed by atoms with E-state index in [0.717, 1.165) is 31.4 Å². The van der Waals surface area contributed by atoms with Gasteiger partial charge in [-0.05, 0) is 37.8 Å². The quantitative estimate of drug-likeness (QED) is 0.850. The first-order chi connectivity index (χ1) is 8.19. The smallest absolute Gasteiger partial charge is 0.167 e. The van der Waals surface area contributed by atoms with Crippen molar-refractivity contribution in [1.29, 1.82) is 0 Å². The minimum absolute atomic E-state index is 0.268. The molecule has 3 N–H and O–H groups in total. The van der Waals surface area contributed by atoms with E-state index in [9.17, 15) is 4.39 Å². The highest BCUT2D eigenvalue weighted by molar-refractivity contribution is 5.48. The number of anilines is 1. The van der Waals surface area contributed by atoms with E-state index >= 15 is 0 Å². The van der Waals surface area contributed by atoms with Gasteiger partial charge in [0.1, 0.15) is 0 Å². The predicted octanol–water partition coefficient (Wildman–Crippen LogP) is 2.52. The Kier molecular flexibility index (Phi) is 3.84. The molecule has 2 atom stereocenters. The van der Waals surface area contributed by atoms with Crippen molar-refractivity contribution in [2.24, 2.45) is 5.73 Å². The maximum atomic E-state index is 13.5. The fraction of sp³-hybridized carbons (Fsp3) is 0.538. The Balaban J connectivity index is 2.00. The lowest BCUT2D eigenvalue weighted by Gasteiger charge is -2.28. The summed E-state index contributed by atoms with van der Waals surface area (Å²) in [5.74, 6) is -0.0616. The molecule has 17 heavy (non-hydrogen) atoms. The number of nitrogens with one attached hydrogen (secondary N) is 1. The summed E-state index contributed by atoms with van der Waals surface area (Å²) in [5, 5.41) is 3.33. The summed E-state index contributed by atoms with van der Waals surface area (Å²) < 4.78 is 18.4. The van der Waals surface area contributed by atoms with Gasteiger partial charge in [0.15, 0.2) is 11.6 Å². The number of hydrogen-bond acceptors (Lipinski definition) is 3. The number of hydrogen-bond donors (Lipinski definition) is 2. The molecule has 2 rings (SSSR count). The minimum Gasteiger partial charge on any atom is -0.494 e. The van der Waals surface area contributed by atoms with Crippen molar-refractivity contribution in [1.82, 2.24) is 0 Å². The molecule has 0 aliphatic heterocycles. The van der Waals surface area contributed by atoms with Crippen LogP contribution in [0.1, 0.15) is 25.7 Å². The summed E-state index contributed by atoms with van der Waals surface area (Å²) in [6.45, 7) is 0. The van der Waals surface area contributed by atoms with Crippen LogP contribution in [0.2, 0.25) is 0 Å². The van der Waals surface area contributed by atoms with Gasteiger partial charge in [0.2, 0.25) is 0 Å². The van der Waals surface area contributed by atoms with Crippen molar-refractivity contribution in [3.05, 3.63) is 24.0 Å². The highest BCUT2D eigenvalue weighted by Gasteiger charge is 2.19. The molecule has 1 aromatic rings. The van der Waals surface area contributed by atoms with Gasteiger partial charge in [-0.15, -0.1) is 0 Å². The number of benzene rings is 1. The number of nitrogens with two attached hydrogens (primary N) is 1. The monoisotopic (exact) mass is 238 g/mol. The Morgan fingerprint density at radius 2 is 2.24 bits per heavy atom. The van der Waals surface area contributed by atoms with E-state index in [1.807, 2.05) is 6.07 Å². The van der Waals surface area contributed by atoms with Crippen molar-refractivity contribution >= 4 is 5.69 Å². The van der Waals surface area contributed by atoms with Crippen LogP contribution >= 0.6 is 0 Å². The van der Waals surface area contributed by atoms with Crippen LogP contribution in [0.4, 0.5) is 10.1 Å². The second kappa shape index (κ2) is 5.36. The fourth-order valence-corrected chi connectivity index (χ4v) is 2.35. The second-order valence-electron chi connectivity index (χ2n) is 4.62. The van der Waals surface area contributed by atoms with Gasteiger partial charge in [-0.25, -0.2) is 4.39 Å². The molecule has 2 unspecified atom stereocenters. The van der Waals surface area contributed by atoms with Gasteiger partial charge in [-0.3, -0.25) is 0 Å². The van der Waals surface area contributed by atoms with E-state index in [-0.39, 0.29) is 17.6 Å². The summed E-state index contributed by atoms with van der Waals surface area (Å²) in [7, 11) is 1.46. The SMILES string of the molecule is COc1ccc(NC2CCCC(N)C2)cc1F. The molecule has 0 spiro atoms. The first kappa shape index (κ1) is 12.2. The van der Waals surface area contributed by atoms with Crippen LogP contribution in [-0.4, -0.2) is 19.2 Å². The normalized spacial score (nSPS) is 24.4. The molecule has 94 valence electrons. The Morgan fingerprint density at radius 1 is 1.41 bits per heavy atom. The molecule has 0 aromatic heterocycles. The van der Waals surface area contributed by atoms with Crippen LogP contribution in [-0.2, 0) is 0 Å². The summed E-state index contributed by atoms with van der Waals surface area (Å²) in [6.07, 6.45) is 4.28. The van der Waals surface area contributed by atoms with Crippen molar-refractivity contribution in [3.8, 4) is 5.75 Å². The minimum atomic E-state index is -0.336. The lowest BCUT2D eigenvalue weighted by molar-refractivity contribution is 0.386. The van der Waals surface area contributed by atoms with Gasteiger partial charge in [-0.1, -0.05) is 0 Å². The van der Waals surface area contributed by atoms with Crippen LogP contribution in [0.25, 0.3) is 0 Å². The average Bonchev–Trinajstić information content (AvgIpc) is 2.29. The molecule has 1 aromatic carbocycles. The molecule has 0 radical (unpaired) electrons. The third-order valence-corrected chi connectivity index (χ3v) is 3.24. The van der Waals surface area contributed by atoms with Gasteiger partial charge < -0.3 is 15.8 Å². The van der Waals surface area contributed by atoms with Crippen molar-refractivity contribution < 1.29 is 9.13 Å². The Morgan fingerprint density at radius 3 is 2.88 bits per heavy atom. The molecule has 1 saturated carbocycles. The average molecular weight is 238 g/mol. The zero-order chi connectivity index (χ0) is 12.3. The van der Waals surface area contributed by atoms with E-state index in [0.29, 0.717) is 6.04 Å². The van der Waals surface area contributed by atoms with Crippen molar-refractivity contribution in [2.75, 3.05) is 12.4 Å². The zero-order valence-corrected chi connectivity index (χ0v) is 10.1. The van der Waals surface area contributed by atoms with Crippen LogP contribution in [0.5, 0.6) is 5.75 Å². The van der Waals surface area contributed by atoms with Crippen molar-refractivity contribution in [2.45, 2.75) is 37.8 Å². The summed E-state index contributed by atoms with van der Waals surface area (Å²) in [4.78, 5) is 0. The van der Waals surface area contributed by atoms with Gasteiger partial charge in [0.25, 0.3) is 0 Å². The third kappa shape index (κ3) is 3.09. The highest BCUT2D eigenvalue weighted by Crippen LogP contribution is 2.24. The van der Waals surface area contributed by atoms with Gasteiger partial charge >= 0.3 is 0 Å². The van der Waals surface area contributed by atoms with Crippen LogP contribution in [0, 0.1) is 5.82 Å². The molecular weight excluding hydrogens is 219 g/mol. The van der Waals surface area contributed by atoms with E-state index in [4.69, 9.17) is 10.5 Å². The lowest BCUT2D eigenvalue weighted by Crippen LogP contribution is -2.34. The van der Waals surface area contributed by atoms with Gasteiger partial charge in [-0.2, -0.15) is 0 Å². The molecule has 3 nitrogen and oxygen atoms in total. The molecule has 0 bridgehead atoms. The number of rotatable bonds is 3. The molecular formula is C13H19FN2O. The first-order valence-corrected chi connectivity index (χ1v) is 6.04. The number of halogens is 1. The standard InChI is InChI=1S/C13H19FN2O/c1-17-13-6-5-11(8-12(13)14)16-10-4-2-3-9(15)7-10/h5-6,8-10,16H,2-4,7,15H2,1H3. The van der Waals surface area contributed by atoms with Crippen LogP contribution < -0.4 is 15.8 Å². The maximum absolute atomic E-state index is 13.5. The second-order valence-corrected chi connectivity index (χ2v) is 4.62. The van der Waals surface area contributed by atoms with E-state index in [1.165, 1.54) is 13.2 Å². The third-order valence-electron chi connectivity index (χ3n) is 3.24. The molecule has 1 fully saturated rings. The van der Waals surface area contributed by atoms with Gasteiger partial charge in [0.05, 0.1) is 7.11 Å². The summed E-state index contributed by atoms with van der Waals surface area (Å²) >= 11 is 0. The van der Waals surface area contributed by atoms with Crippen LogP contribution in [0.3, 0.4) is 0 Å². The maximum Gasteiger partial charge on any atom is 0.167 e. The molecule has 4 heteroatoms. The number of methoxy groups -OCH3 is 1. The largest absolute Gasteiger partial charge is 0.494 e. The summed E-state index contributed by atoms with van der Waals surface area (Å²) in [5.41, 5.74) is 6.71. The lowest BCUT2D eigenvalue weighted by atomic mass is 9.91. The molecule has 1 aliphatic carbocycles. The first-order valence-electron chi connectivity index (χ1n) is 6.04. The highest BCUT2D eigenvalue weighted by atomic mass is 19.1. The number of ether oxygens (including phenoxy) is 1. The fourth-order valence-electron chi connectivity index (χ4n) is 2.35. The van der Waals surface area contributed by atoms with Crippen LogP contribution in [0.15, 0.2) is 18.2 Å². The molecule has 1 aliphatic rings. The Hall–Kier alpha value is -1.29. The van der Waals surface area contributed by atoms with E-state index in [2.05, 4.69) is 5.32 Å². The predicted molar refractivity (Wildman–Crippen MR) is 66.8 cm³/mol.